The number of rotatable bonds is 5. The van der Waals surface area contributed by atoms with Crippen LogP contribution in [0.4, 0.5) is 0 Å². The van der Waals surface area contributed by atoms with Gasteiger partial charge in [-0.15, -0.1) is 0 Å². The number of hydrogen-bond donors (Lipinski definition) is 2. The monoisotopic (exact) mass is 322 g/mol. The van der Waals surface area contributed by atoms with Crippen molar-refractivity contribution in [2.75, 3.05) is 7.11 Å². The fraction of sp³-hybridized carbons (Fsp3) is 0.158. The summed E-state index contributed by atoms with van der Waals surface area (Å²) in [5.74, 6) is 0.517. The van der Waals surface area contributed by atoms with E-state index < -0.39 is 0 Å². The molecule has 24 heavy (non-hydrogen) atoms. The minimum absolute atomic E-state index is 0.160. The molecule has 0 radical (unpaired) electrons. The van der Waals surface area contributed by atoms with E-state index in [1.165, 1.54) is 0 Å². The van der Waals surface area contributed by atoms with Crippen molar-refractivity contribution in [3.05, 3.63) is 76.1 Å². The van der Waals surface area contributed by atoms with Crippen LogP contribution in [0.25, 0.3) is 10.9 Å². The molecule has 5 heteroatoms. The van der Waals surface area contributed by atoms with Crippen LogP contribution in [0, 0.1) is 0 Å². The van der Waals surface area contributed by atoms with Crippen LogP contribution >= 0.6 is 0 Å². The molecular formula is C19H18N2O3. The molecule has 2 N–H and O–H groups in total. The SMILES string of the molecule is COc1ccccc1CC(=O)NCc1cc2ccccc2[nH]c1=O. The van der Waals surface area contributed by atoms with Crippen molar-refractivity contribution >= 4 is 16.8 Å². The van der Waals surface area contributed by atoms with E-state index in [4.69, 9.17) is 4.74 Å². The first-order chi connectivity index (χ1) is 11.7. The van der Waals surface area contributed by atoms with Crippen molar-refractivity contribution in [2.24, 2.45) is 0 Å². The van der Waals surface area contributed by atoms with Gasteiger partial charge in [0, 0.05) is 23.2 Å². The summed E-state index contributed by atoms with van der Waals surface area (Å²) in [6, 6.07) is 16.7. The summed E-state index contributed by atoms with van der Waals surface area (Å²) in [5.41, 5.74) is 1.94. The molecule has 0 saturated carbocycles. The Labute approximate surface area is 139 Å². The minimum Gasteiger partial charge on any atom is -0.496 e. The molecule has 1 heterocycles. The van der Waals surface area contributed by atoms with E-state index in [0.29, 0.717) is 11.3 Å². The maximum atomic E-state index is 12.1. The first-order valence-electron chi connectivity index (χ1n) is 7.67. The summed E-state index contributed by atoms with van der Waals surface area (Å²) in [6.07, 6.45) is 0.204. The molecule has 122 valence electrons. The van der Waals surface area contributed by atoms with Crippen LogP contribution in [0.5, 0.6) is 5.75 Å². The van der Waals surface area contributed by atoms with Gasteiger partial charge in [0.05, 0.1) is 13.5 Å². The fourth-order valence-corrected chi connectivity index (χ4v) is 2.60. The Balaban J connectivity index is 1.70. The van der Waals surface area contributed by atoms with Crippen LogP contribution in [0.1, 0.15) is 11.1 Å². The van der Waals surface area contributed by atoms with Gasteiger partial charge in [-0.1, -0.05) is 36.4 Å². The average Bonchev–Trinajstić information content (AvgIpc) is 2.60. The molecule has 0 bridgehead atoms. The van der Waals surface area contributed by atoms with E-state index in [1.807, 2.05) is 48.5 Å². The minimum atomic E-state index is -0.189. The van der Waals surface area contributed by atoms with Crippen LogP contribution in [-0.4, -0.2) is 18.0 Å². The zero-order valence-electron chi connectivity index (χ0n) is 13.3. The van der Waals surface area contributed by atoms with Gasteiger partial charge in [-0.3, -0.25) is 9.59 Å². The fourth-order valence-electron chi connectivity index (χ4n) is 2.60. The van der Waals surface area contributed by atoms with Crippen molar-refractivity contribution in [3.8, 4) is 5.75 Å². The highest BCUT2D eigenvalue weighted by molar-refractivity contribution is 5.80. The van der Waals surface area contributed by atoms with E-state index in [1.54, 1.807) is 13.2 Å². The van der Waals surface area contributed by atoms with Crippen molar-refractivity contribution in [1.82, 2.24) is 10.3 Å². The molecule has 3 aromatic rings. The predicted molar refractivity (Wildman–Crippen MR) is 93.1 cm³/mol. The van der Waals surface area contributed by atoms with E-state index >= 15 is 0 Å². The first-order valence-corrected chi connectivity index (χ1v) is 7.67. The van der Waals surface area contributed by atoms with Gasteiger partial charge in [-0.25, -0.2) is 0 Å². The molecule has 3 rings (SSSR count). The molecule has 0 aliphatic carbocycles. The van der Waals surface area contributed by atoms with Crippen LogP contribution in [0.15, 0.2) is 59.4 Å². The molecule has 0 spiro atoms. The standard InChI is InChI=1S/C19H18N2O3/c1-24-17-9-5-3-7-14(17)11-18(22)20-12-15-10-13-6-2-4-8-16(13)21-19(15)23/h2-10H,11-12H2,1H3,(H,20,22)(H,21,23). The Kier molecular flexibility index (Phi) is 4.61. The number of carbonyl (C=O) groups is 1. The van der Waals surface area contributed by atoms with Gasteiger partial charge in [0.2, 0.25) is 5.91 Å². The summed E-state index contributed by atoms with van der Waals surface area (Å²) in [7, 11) is 1.57. The second-order valence-electron chi connectivity index (χ2n) is 5.48. The Morgan fingerprint density at radius 1 is 1.08 bits per heavy atom. The smallest absolute Gasteiger partial charge is 0.253 e. The summed E-state index contributed by atoms with van der Waals surface area (Å²) >= 11 is 0. The zero-order valence-corrected chi connectivity index (χ0v) is 13.3. The third kappa shape index (κ3) is 3.46. The van der Waals surface area contributed by atoms with Gasteiger partial charge in [-0.2, -0.15) is 0 Å². The van der Waals surface area contributed by atoms with Crippen molar-refractivity contribution in [3.63, 3.8) is 0 Å². The third-order valence-corrected chi connectivity index (χ3v) is 3.85. The Morgan fingerprint density at radius 3 is 2.67 bits per heavy atom. The van der Waals surface area contributed by atoms with Gasteiger partial charge >= 0.3 is 0 Å². The molecular weight excluding hydrogens is 304 g/mol. The number of methoxy groups -OCH3 is 1. The summed E-state index contributed by atoms with van der Waals surface area (Å²) in [6.45, 7) is 0.189. The number of amides is 1. The molecule has 2 aromatic carbocycles. The summed E-state index contributed by atoms with van der Waals surface area (Å²) in [5, 5.41) is 3.73. The molecule has 0 atom stereocenters. The molecule has 1 aromatic heterocycles. The topological polar surface area (TPSA) is 71.2 Å². The van der Waals surface area contributed by atoms with Gasteiger partial charge in [0.1, 0.15) is 5.75 Å². The lowest BCUT2D eigenvalue weighted by Crippen LogP contribution is -2.28. The van der Waals surface area contributed by atoms with E-state index in [-0.39, 0.29) is 24.4 Å². The Morgan fingerprint density at radius 2 is 1.83 bits per heavy atom. The first kappa shape index (κ1) is 15.8. The maximum absolute atomic E-state index is 12.1. The van der Waals surface area contributed by atoms with Crippen molar-refractivity contribution in [2.45, 2.75) is 13.0 Å². The number of pyridine rings is 1. The Bertz CT molecular complexity index is 931. The van der Waals surface area contributed by atoms with Crippen LogP contribution in [-0.2, 0) is 17.8 Å². The number of para-hydroxylation sites is 2. The van der Waals surface area contributed by atoms with Crippen LogP contribution in [0.2, 0.25) is 0 Å². The van der Waals surface area contributed by atoms with Crippen LogP contribution < -0.4 is 15.6 Å². The summed E-state index contributed by atoms with van der Waals surface area (Å²) in [4.78, 5) is 27.1. The quantitative estimate of drug-likeness (QED) is 0.758. The highest BCUT2D eigenvalue weighted by Crippen LogP contribution is 2.17. The maximum Gasteiger partial charge on any atom is 0.253 e. The number of H-pyrrole nitrogens is 1. The molecule has 0 aliphatic rings. The second kappa shape index (κ2) is 7.00. The van der Waals surface area contributed by atoms with E-state index in [2.05, 4.69) is 10.3 Å². The predicted octanol–water partition coefficient (Wildman–Crippen LogP) is 2.40. The zero-order chi connectivity index (χ0) is 16.9. The number of aromatic nitrogens is 1. The molecule has 5 nitrogen and oxygen atoms in total. The van der Waals surface area contributed by atoms with Crippen LogP contribution in [0.3, 0.4) is 0 Å². The van der Waals surface area contributed by atoms with Gasteiger partial charge in [-0.05, 0) is 23.6 Å². The summed E-state index contributed by atoms with van der Waals surface area (Å²) < 4.78 is 5.24. The second-order valence-corrected chi connectivity index (χ2v) is 5.48. The molecule has 0 fully saturated rings. The van der Waals surface area contributed by atoms with E-state index in [0.717, 1.165) is 16.5 Å². The number of aromatic amines is 1. The van der Waals surface area contributed by atoms with Crippen molar-refractivity contribution in [1.29, 1.82) is 0 Å². The lowest BCUT2D eigenvalue weighted by Gasteiger charge is -2.09. The van der Waals surface area contributed by atoms with Crippen molar-refractivity contribution < 1.29 is 9.53 Å². The van der Waals surface area contributed by atoms with Gasteiger partial charge < -0.3 is 15.0 Å². The highest BCUT2D eigenvalue weighted by Gasteiger charge is 2.09. The van der Waals surface area contributed by atoms with Gasteiger partial charge in [0.25, 0.3) is 5.56 Å². The highest BCUT2D eigenvalue weighted by atomic mass is 16.5. The Hall–Kier alpha value is -3.08. The lowest BCUT2D eigenvalue weighted by molar-refractivity contribution is -0.120. The van der Waals surface area contributed by atoms with E-state index in [9.17, 15) is 9.59 Å². The number of fused-ring (bicyclic) bond motifs is 1. The number of nitrogens with one attached hydrogen (secondary N) is 2. The van der Waals surface area contributed by atoms with Gasteiger partial charge in [0.15, 0.2) is 0 Å². The number of hydrogen-bond acceptors (Lipinski definition) is 3. The number of carbonyl (C=O) groups excluding carboxylic acids is 1. The number of ether oxygens (including phenoxy) is 1. The molecule has 0 unspecified atom stereocenters. The lowest BCUT2D eigenvalue weighted by atomic mass is 10.1. The number of benzene rings is 2. The molecule has 0 saturated heterocycles. The normalized spacial score (nSPS) is 10.5. The molecule has 0 aliphatic heterocycles. The third-order valence-electron chi connectivity index (χ3n) is 3.85. The molecule has 1 amide bonds. The largest absolute Gasteiger partial charge is 0.496 e. The average molecular weight is 322 g/mol.